The highest BCUT2D eigenvalue weighted by molar-refractivity contribution is 5.96. The summed E-state index contributed by atoms with van der Waals surface area (Å²) in [5.74, 6) is -0.496. The van der Waals surface area contributed by atoms with Crippen molar-refractivity contribution in [2.75, 3.05) is 0 Å². The fourth-order valence-electron chi connectivity index (χ4n) is 1.53. The van der Waals surface area contributed by atoms with E-state index in [4.69, 9.17) is 4.74 Å². The van der Waals surface area contributed by atoms with Crippen LogP contribution in [0.4, 0.5) is 0 Å². The van der Waals surface area contributed by atoms with Gasteiger partial charge in [0, 0.05) is 13.3 Å². The fourth-order valence-corrected chi connectivity index (χ4v) is 1.53. The Balaban J connectivity index is 2.85. The van der Waals surface area contributed by atoms with Crippen molar-refractivity contribution < 1.29 is 14.3 Å². The third kappa shape index (κ3) is 2.22. The molecule has 0 bridgehead atoms. The van der Waals surface area contributed by atoms with Crippen LogP contribution in [0.5, 0.6) is 0 Å². The number of esters is 1. The summed E-state index contributed by atoms with van der Waals surface area (Å²) in [5.41, 5.74) is 0.986. The minimum Gasteiger partial charge on any atom is -0.454 e. The minimum absolute atomic E-state index is 0.0615. The molecule has 0 aromatic heterocycles. The zero-order chi connectivity index (χ0) is 10.9. The first-order valence-corrected chi connectivity index (χ1v) is 4.73. The first kappa shape index (κ1) is 11.0. The molecule has 14 heavy (non-hydrogen) atoms. The molecule has 0 aliphatic heterocycles. The standard InChI is InChI=1S/C11H16O3/c1-7-5-9(13)10(14-8(2)12)6-11(7,3)4/h5,10H,6H2,1-4H3. The molecule has 0 heterocycles. The van der Waals surface area contributed by atoms with E-state index < -0.39 is 12.1 Å². The molecule has 0 aromatic carbocycles. The predicted octanol–water partition coefficient (Wildman–Crippen LogP) is 1.86. The molecule has 1 unspecified atom stereocenters. The van der Waals surface area contributed by atoms with Crippen LogP contribution in [-0.2, 0) is 14.3 Å². The molecular weight excluding hydrogens is 180 g/mol. The van der Waals surface area contributed by atoms with Gasteiger partial charge in [-0.3, -0.25) is 9.59 Å². The Morgan fingerprint density at radius 3 is 2.64 bits per heavy atom. The predicted molar refractivity (Wildman–Crippen MR) is 52.7 cm³/mol. The number of hydrogen-bond acceptors (Lipinski definition) is 3. The molecule has 78 valence electrons. The van der Waals surface area contributed by atoms with Crippen molar-refractivity contribution in [3.63, 3.8) is 0 Å². The first-order valence-electron chi connectivity index (χ1n) is 4.73. The number of carbonyl (C=O) groups is 2. The van der Waals surface area contributed by atoms with Gasteiger partial charge in [-0.15, -0.1) is 0 Å². The van der Waals surface area contributed by atoms with Crippen LogP contribution in [0, 0.1) is 5.41 Å². The Bertz CT molecular complexity index is 300. The Morgan fingerprint density at radius 1 is 1.57 bits per heavy atom. The van der Waals surface area contributed by atoms with Gasteiger partial charge in [-0.25, -0.2) is 0 Å². The SMILES string of the molecule is CC(=O)OC1CC(C)(C)C(C)=CC1=O. The number of allylic oxidation sites excluding steroid dienone is 1. The zero-order valence-electron chi connectivity index (χ0n) is 9.09. The lowest BCUT2D eigenvalue weighted by Gasteiger charge is -2.33. The van der Waals surface area contributed by atoms with Crippen molar-refractivity contribution >= 4 is 11.8 Å². The molecule has 0 spiro atoms. The van der Waals surface area contributed by atoms with Crippen LogP contribution < -0.4 is 0 Å². The second-order valence-electron chi connectivity index (χ2n) is 4.42. The fraction of sp³-hybridized carbons (Fsp3) is 0.636. The van der Waals surface area contributed by atoms with Gasteiger partial charge in [-0.05, 0) is 18.4 Å². The Hall–Kier alpha value is -1.12. The quantitative estimate of drug-likeness (QED) is 0.601. The topological polar surface area (TPSA) is 43.4 Å². The third-order valence-corrected chi connectivity index (χ3v) is 2.75. The molecule has 0 aromatic rings. The second kappa shape index (κ2) is 3.56. The van der Waals surface area contributed by atoms with Gasteiger partial charge < -0.3 is 4.74 Å². The highest BCUT2D eigenvalue weighted by atomic mass is 16.5. The van der Waals surface area contributed by atoms with Crippen LogP contribution in [0.1, 0.15) is 34.1 Å². The molecule has 1 aliphatic carbocycles. The Morgan fingerprint density at radius 2 is 2.14 bits per heavy atom. The summed E-state index contributed by atoms with van der Waals surface area (Å²) in [6.45, 7) is 7.34. The van der Waals surface area contributed by atoms with E-state index in [0.717, 1.165) is 5.57 Å². The maximum absolute atomic E-state index is 11.5. The van der Waals surface area contributed by atoms with Crippen molar-refractivity contribution in [2.24, 2.45) is 5.41 Å². The lowest BCUT2D eigenvalue weighted by Crippen LogP contribution is -2.35. The Kier molecular flexibility index (Phi) is 2.79. The normalized spacial score (nSPS) is 25.6. The smallest absolute Gasteiger partial charge is 0.303 e. The molecule has 0 saturated heterocycles. The van der Waals surface area contributed by atoms with Crippen molar-refractivity contribution in [1.82, 2.24) is 0 Å². The van der Waals surface area contributed by atoms with Gasteiger partial charge in [0.05, 0.1) is 0 Å². The number of hydrogen-bond donors (Lipinski definition) is 0. The summed E-state index contributed by atoms with van der Waals surface area (Å²) in [7, 11) is 0. The van der Waals surface area contributed by atoms with Gasteiger partial charge in [0.2, 0.25) is 0 Å². The second-order valence-corrected chi connectivity index (χ2v) is 4.42. The molecule has 0 saturated carbocycles. The molecule has 0 N–H and O–H groups in total. The van der Waals surface area contributed by atoms with Crippen molar-refractivity contribution in [1.29, 1.82) is 0 Å². The molecular formula is C11H16O3. The first-order chi connectivity index (χ1) is 6.33. The van der Waals surface area contributed by atoms with Gasteiger partial charge in [-0.1, -0.05) is 19.4 Å². The molecule has 0 amide bonds. The summed E-state index contributed by atoms with van der Waals surface area (Å²) in [6, 6.07) is 0. The van der Waals surface area contributed by atoms with E-state index in [9.17, 15) is 9.59 Å². The number of carbonyl (C=O) groups excluding carboxylic acids is 2. The van der Waals surface area contributed by atoms with Crippen molar-refractivity contribution in [3.8, 4) is 0 Å². The molecule has 0 radical (unpaired) electrons. The van der Waals surface area contributed by atoms with Crippen LogP contribution in [0.2, 0.25) is 0 Å². The van der Waals surface area contributed by atoms with Crippen LogP contribution in [0.25, 0.3) is 0 Å². The number of ether oxygens (including phenoxy) is 1. The van der Waals surface area contributed by atoms with Crippen LogP contribution in [0.15, 0.2) is 11.6 Å². The molecule has 1 aliphatic rings. The summed E-state index contributed by atoms with van der Waals surface area (Å²) in [4.78, 5) is 22.2. The van der Waals surface area contributed by atoms with E-state index in [2.05, 4.69) is 0 Å². The summed E-state index contributed by atoms with van der Waals surface area (Å²) in [6.07, 6.45) is 1.57. The van der Waals surface area contributed by atoms with Crippen molar-refractivity contribution in [2.45, 2.75) is 40.2 Å². The van der Waals surface area contributed by atoms with E-state index in [1.54, 1.807) is 6.08 Å². The van der Waals surface area contributed by atoms with E-state index in [1.807, 2.05) is 20.8 Å². The number of rotatable bonds is 1. The molecule has 0 fully saturated rings. The van der Waals surface area contributed by atoms with E-state index in [1.165, 1.54) is 6.92 Å². The average molecular weight is 196 g/mol. The molecule has 3 nitrogen and oxygen atoms in total. The largest absolute Gasteiger partial charge is 0.454 e. The van der Waals surface area contributed by atoms with E-state index in [-0.39, 0.29) is 11.2 Å². The van der Waals surface area contributed by atoms with Gasteiger partial charge in [-0.2, -0.15) is 0 Å². The monoisotopic (exact) mass is 196 g/mol. The zero-order valence-corrected chi connectivity index (χ0v) is 9.09. The lowest BCUT2D eigenvalue weighted by atomic mass is 9.75. The third-order valence-electron chi connectivity index (χ3n) is 2.75. The van der Waals surface area contributed by atoms with Gasteiger partial charge in [0.1, 0.15) is 0 Å². The van der Waals surface area contributed by atoms with Gasteiger partial charge in [0.25, 0.3) is 0 Å². The average Bonchev–Trinajstić information content (AvgIpc) is 1.99. The summed E-state index contributed by atoms with van der Waals surface area (Å²) in [5, 5.41) is 0. The highest BCUT2D eigenvalue weighted by Gasteiger charge is 2.35. The summed E-state index contributed by atoms with van der Waals surface area (Å²) < 4.78 is 4.95. The van der Waals surface area contributed by atoms with Gasteiger partial charge >= 0.3 is 5.97 Å². The van der Waals surface area contributed by atoms with Crippen LogP contribution in [0.3, 0.4) is 0 Å². The molecule has 3 heteroatoms. The molecule has 1 atom stereocenters. The minimum atomic E-state index is -0.591. The van der Waals surface area contributed by atoms with Crippen molar-refractivity contribution in [3.05, 3.63) is 11.6 Å². The number of ketones is 1. The lowest BCUT2D eigenvalue weighted by molar-refractivity contribution is -0.153. The highest BCUT2D eigenvalue weighted by Crippen LogP contribution is 2.36. The van der Waals surface area contributed by atoms with E-state index in [0.29, 0.717) is 6.42 Å². The Labute approximate surface area is 84.1 Å². The van der Waals surface area contributed by atoms with Crippen LogP contribution >= 0.6 is 0 Å². The van der Waals surface area contributed by atoms with Gasteiger partial charge in [0.15, 0.2) is 11.9 Å². The molecule has 1 rings (SSSR count). The van der Waals surface area contributed by atoms with Crippen LogP contribution in [-0.4, -0.2) is 17.9 Å². The maximum Gasteiger partial charge on any atom is 0.303 e. The van der Waals surface area contributed by atoms with E-state index >= 15 is 0 Å². The summed E-state index contributed by atoms with van der Waals surface area (Å²) >= 11 is 0. The maximum atomic E-state index is 11.5.